The number of carbonyl (C=O) groups excluding carboxylic acids is 2. The Morgan fingerprint density at radius 1 is 1.00 bits per heavy atom. The highest BCUT2D eigenvalue weighted by molar-refractivity contribution is 7.22. The molecule has 0 saturated carbocycles. The molecule has 0 unspecified atom stereocenters. The van der Waals surface area contributed by atoms with E-state index in [2.05, 4.69) is 15.6 Å². The van der Waals surface area contributed by atoms with Crippen LogP contribution in [0.3, 0.4) is 0 Å². The SMILES string of the molecule is Cc1ccc(NC(=O)C(=O)Nc2nc3cc(F)c(F)cc3s2)cc1. The van der Waals surface area contributed by atoms with Crippen molar-refractivity contribution in [3.05, 3.63) is 53.6 Å². The Morgan fingerprint density at radius 2 is 1.62 bits per heavy atom. The molecule has 3 rings (SSSR count). The highest BCUT2D eigenvalue weighted by Crippen LogP contribution is 2.27. The Hall–Kier alpha value is -2.87. The van der Waals surface area contributed by atoms with E-state index < -0.39 is 23.4 Å². The monoisotopic (exact) mass is 347 g/mol. The van der Waals surface area contributed by atoms with Gasteiger partial charge >= 0.3 is 11.8 Å². The molecule has 5 nitrogen and oxygen atoms in total. The van der Waals surface area contributed by atoms with E-state index in [1.54, 1.807) is 24.3 Å². The van der Waals surface area contributed by atoms with Crippen LogP contribution in [-0.2, 0) is 9.59 Å². The van der Waals surface area contributed by atoms with Gasteiger partial charge < -0.3 is 5.32 Å². The zero-order valence-corrected chi connectivity index (χ0v) is 13.2. The maximum atomic E-state index is 13.2. The summed E-state index contributed by atoms with van der Waals surface area (Å²) >= 11 is 0.944. The number of amides is 2. The van der Waals surface area contributed by atoms with Crippen molar-refractivity contribution in [1.82, 2.24) is 4.98 Å². The van der Waals surface area contributed by atoms with Crippen molar-refractivity contribution in [2.24, 2.45) is 0 Å². The van der Waals surface area contributed by atoms with Gasteiger partial charge in [-0.15, -0.1) is 0 Å². The molecule has 2 N–H and O–H groups in total. The number of fused-ring (bicyclic) bond motifs is 1. The van der Waals surface area contributed by atoms with Gasteiger partial charge in [0.25, 0.3) is 0 Å². The summed E-state index contributed by atoms with van der Waals surface area (Å²) in [6.45, 7) is 1.90. The van der Waals surface area contributed by atoms with Crippen LogP contribution in [0.25, 0.3) is 10.2 Å². The van der Waals surface area contributed by atoms with E-state index in [9.17, 15) is 18.4 Å². The van der Waals surface area contributed by atoms with Gasteiger partial charge in [-0.05, 0) is 25.1 Å². The van der Waals surface area contributed by atoms with Gasteiger partial charge in [-0.2, -0.15) is 0 Å². The fraction of sp³-hybridized carbons (Fsp3) is 0.0625. The van der Waals surface area contributed by atoms with Crippen molar-refractivity contribution in [3.8, 4) is 0 Å². The minimum absolute atomic E-state index is 0.0825. The highest BCUT2D eigenvalue weighted by Gasteiger charge is 2.17. The minimum Gasteiger partial charge on any atom is -0.318 e. The number of hydrogen-bond acceptors (Lipinski definition) is 4. The quantitative estimate of drug-likeness (QED) is 0.698. The van der Waals surface area contributed by atoms with Gasteiger partial charge in [0.15, 0.2) is 16.8 Å². The number of anilines is 2. The van der Waals surface area contributed by atoms with Crippen molar-refractivity contribution in [2.75, 3.05) is 10.6 Å². The van der Waals surface area contributed by atoms with Crippen molar-refractivity contribution in [2.45, 2.75) is 6.92 Å². The van der Waals surface area contributed by atoms with E-state index in [1.165, 1.54) is 0 Å². The molecular formula is C16H11F2N3O2S. The lowest BCUT2D eigenvalue weighted by Crippen LogP contribution is -2.28. The lowest BCUT2D eigenvalue weighted by Gasteiger charge is -2.04. The summed E-state index contributed by atoms with van der Waals surface area (Å²) in [5, 5.41) is 4.84. The molecule has 0 saturated heterocycles. The van der Waals surface area contributed by atoms with Crippen LogP contribution in [0.5, 0.6) is 0 Å². The second kappa shape index (κ2) is 6.32. The summed E-state index contributed by atoms with van der Waals surface area (Å²) in [6, 6.07) is 8.86. The molecule has 0 spiro atoms. The highest BCUT2D eigenvalue weighted by atomic mass is 32.1. The third-order valence-electron chi connectivity index (χ3n) is 3.17. The molecule has 0 bridgehead atoms. The number of hydrogen-bond donors (Lipinski definition) is 2. The second-order valence-electron chi connectivity index (χ2n) is 5.03. The molecule has 1 aromatic heterocycles. The molecule has 2 amide bonds. The number of carbonyl (C=O) groups is 2. The summed E-state index contributed by atoms with van der Waals surface area (Å²) in [5.41, 5.74) is 1.70. The van der Waals surface area contributed by atoms with Gasteiger partial charge in [0.1, 0.15) is 0 Å². The summed E-state index contributed by atoms with van der Waals surface area (Å²) in [6.07, 6.45) is 0. The Kier molecular flexibility index (Phi) is 4.22. The number of nitrogens with zero attached hydrogens (tertiary/aromatic N) is 1. The molecular weight excluding hydrogens is 336 g/mol. The zero-order chi connectivity index (χ0) is 17.3. The van der Waals surface area contributed by atoms with Crippen LogP contribution < -0.4 is 10.6 Å². The van der Waals surface area contributed by atoms with Crippen LogP contribution in [0.1, 0.15) is 5.56 Å². The van der Waals surface area contributed by atoms with E-state index in [0.29, 0.717) is 10.4 Å². The van der Waals surface area contributed by atoms with E-state index in [1.807, 2.05) is 6.92 Å². The van der Waals surface area contributed by atoms with E-state index >= 15 is 0 Å². The number of nitrogens with one attached hydrogen (secondary N) is 2. The Balaban J connectivity index is 1.72. The van der Waals surface area contributed by atoms with Gasteiger partial charge in [-0.1, -0.05) is 29.0 Å². The fourth-order valence-corrected chi connectivity index (χ4v) is 2.82. The van der Waals surface area contributed by atoms with E-state index in [4.69, 9.17) is 0 Å². The number of aryl methyl sites for hydroxylation is 1. The second-order valence-corrected chi connectivity index (χ2v) is 6.06. The predicted octanol–water partition coefficient (Wildman–Crippen LogP) is 3.46. The molecule has 0 aliphatic heterocycles. The van der Waals surface area contributed by atoms with Crippen LogP contribution in [0.15, 0.2) is 36.4 Å². The van der Waals surface area contributed by atoms with Gasteiger partial charge in [-0.3, -0.25) is 14.9 Å². The standard InChI is InChI=1S/C16H11F2N3O2S/c1-8-2-4-9(5-3-8)19-14(22)15(23)21-16-20-12-6-10(17)11(18)7-13(12)24-16/h2-7H,1H3,(H,19,22)(H,20,21,23). The first kappa shape index (κ1) is 16.0. The molecule has 0 radical (unpaired) electrons. The number of thiazole rings is 1. The molecule has 0 aliphatic rings. The molecule has 122 valence electrons. The molecule has 1 heterocycles. The van der Waals surface area contributed by atoms with Crippen molar-refractivity contribution in [3.63, 3.8) is 0 Å². The Bertz CT molecular complexity index is 899. The average molecular weight is 347 g/mol. The lowest BCUT2D eigenvalue weighted by molar-refractivity contribution is -0.132. The van der Waals surface area contributed by atoms with Crippen LogP contribution in [0.2, 0.25) is 0 Å². The average Bonchev–Trinajstić information content (AvgIpc) is 2.91. The first-order valence-electron chi connectivity index (χ1n) is 6.87. The van der Waals surface area contributed by atoms with E-state index in [-0.39, 0.29) is 10.6 Å². The van der Waals surface area contributed by atoms with Gasteiger partial charge in [0.05, 0.1) is 10.2 Å². The van der Waals surface area contributed by atoms with Gasteiger partial charge in [0.2, 0.25) is 0 Å². The van der Waals surface area contributed by atoms with Gasteiger partial charge in [0, 0.05) is 11.8 Å². The number of benzene rings is 2. The topological polar surface area (TPSA) is 71.1 Å². The maximum absolute atomic E-state index is 13.2. The van der Waals surface area contributed by atoms with Crippen molar-refractivity contribution >= 4 is 44.2 Å². The largest absolute Gasteiger partial charge is 0.318 e. The summed E-state index contributed by atoms with van der Waals surface area (Å²) in [7, 11) is 0. The molecule has 0 fully saturated rings. The smallest absolute Gasteiger partial charge is 0.315 e. The molecule has 3 aromatic rings. The third-order valence-corrected chi connectivity index (χ3v) is 4.10. The molecule has 0 atom stereocenters. The van der Waals surface area contributed by atoms with Crippen molar-refractivity contribution in [1.29, 1.82) is 0 Å². The van der Waals surface area contributed by atoms with Gasteiger partial charge in [-0.25, -0.2) is 13.8 Å². The third kappa shape index (κ3) is 3.38. The predicted molar refractivity (Wildman–Crippen MR) is 88.0 cm³/mol. The Morgan fingerprint density at radius 3 is 2.33 bits per heavy atom. The van der Waals surface area contributed by atoms with Crippen LogP contribution >= 0.6 is 11.3 Å². The minimum atomic E-state index is -1.03. The molecule has 8 heteroatoms. The normalized spacial score (nSPS) is 10.6. The van der Waals surface area contributed by atoms with Crippen molar-refractivity contribution < 1.29 is 18.4 Å². The molecule has 24 heavy (non-hydrogen) atoms. The number of aromatic nitrogens is 1. The van der Waals surface area contributed by atoms with Crippen LogP contribution in [0.4, 0.5) is 19.6 Å². The fourth-order valence-electron chi connectivity index (χ4n) is 1.96. The molecule has 0 aliphatic carbocycles. The summed E-state index contributed by atoms with van der Waals surface area (Å²) < 4.78 is 26.7. The zero-order valence-electron chi connectivity index (χ0n) is 12.4. The Labute approximate surface area is 139 Å². The number of rotatable bonds is 2. The molecule has 2 aromatic carbocycles. The van der Waals surface area contributed by atoms with Crippen LogP contribution in [0, 0.1) is 18.6 Å². The summed E-state index contributed by atoms with van der Waals surface area (Å²) in [5.74, 6) is -3.81. The lowest BCUT2D eigenvalue weighted by atomic mass is 10.2. The first-order chi connectivity index (χ1) is 11.4. The number of halogens is 2. The summed E-state index contributed by atoms with van der Waals surface area (Å²) in [4.78, 5) is 27.7. The first-order valence-corrected chi connectivity index (χ1v) is 7.68. The van der Waals surface area contributed by atoms with E-state index in [0.717, 1.165) is 29.0 Å². The maximum Gasteiger partial charge on any atom is 0.315 e. The van der Waals surface area contributed by atoms with Crippen LogP contribution in [-0.4, -0.2) is 16.8 Å².